The molecule has 2 aliphatic heterocycles. The Labute approximate surface area is 256 Å². The number of aliphatic carboxylic acids is 2. The number of amides is 1. The zero-order chi connectivity index (χ0) is 31.1. The Morgan fingerprint density at radius 2 is 1.72 bits per heavy atom. The van der Waals surface area contributed by atoms with Gasteiger partial charge in [-0.25, -0.2) is 0 Å². The van der Waals surface area contributed by atoms with Crippen LogP contribution in [0.2, 0.25) is 0 Å². The molecule has 0 aliphatic carbocycles. The Kier molecular flexibility index (Phi) is 8.44. The number of thiocarbonyl (C=S) groups is 1. The van der Waals surface area contributed by atoms with Crippen molar-refractivity contribution in [3.05, 3.63) is 67.9 Å². The first kappa shape index (κ1) is 30.4. The highest BCUT2D eigenvalue weighted by Crippen LogP contribution is 2.44. The van der Waals surface area contributed by atoms with E-state index in [9.17, 15) is 37.3 Å². The topological polar surface area (TPSA) is 184 Å². The van der Waals surface area contributed by atoms with Gasteiger partial charge >= 0.3 is 11.9 Å². The molecule has 224 valence electrons. The van der Waals surface area contributed by atoms with Gasteiger partial charge in [-0.2, -0.15) is 8.42 Å². The van der Waals surface area contributed by atoms with Crippen molar-refractivity contribution in [2.24, 2.45) is 0 Å². The van der Waals surface area contributed by atoms with Crippen LogP contribution < -0.4 is 24.4 Å². The van der Waals surface area contributed by atoms with Crippen LogP contribution in [0.4, 0.5) is 5.69 Å². The van der Waals surface area contributed by atoms with Gasteiger partial charge in [0.1, 0.15) is 27.0 Å². The molecular formula is C26H21N3O10S4. The van der Waals surface area contributed by atoms with Gasteiger partial charge in [0, 0.05) is 18.0 Å². The fraction of sp³-hybridized carbons (Fsp3) is 0.192. The van der Waals surface area contributed by atoms with Gasteiger partial charge in [0.2, 0.25) is 5.88 Å². The number of hydrogen-bond acceptors (Lipinski definition) is 11. The highest BCUT2D eigenvalue weighted by Gasteiger charge is 2.35. The number of ether oxygens (including phenoxy) is 1. The van der Waals surface area contributed by atoms with Crippen molar-refractivity contribution in [3.8, 4) is 5.75 Å². The number of thioether (sulfide) groups is 1. The van der Waals surface area contributed by atoms with Crippen LogP contribution in [-0.2, 0) is 31.0 Å². The molecule has 0 atom stereocenters. The molecule has 13 nitrogen and oxygen atoms in total. The normalized spacial score (nSPS) is 17.7. The van der Waals surface area contributed by atoms with Gasteiger partial charge in [0.25, 0.3) is 21.6 Å². The average molecular weight is 664 g/mol. The van der Waals surface area contributed by atoms with Crippen molar-refractivity contribution in [2.75, 3.05) is 23.7 Å². The summed E-state index contributed by atoms with van der Waals surface area (Å²) in [6.45, 7) is -1.30. The van der Waals surface area contributed by atoms with E-state index in [1.165, 1.54) is 12.2 Å². The third kappa shape index (κ3) is 6.35. The summed E-state index contributed by atoms with van der Waals surface area (Å²) < 4.78 is 39.0. The number of nitrogens with zero attached hydrogens (tertiary/aromatic N) is 3. The summed E-state index contributed by atoms with van der Waals surface area (Å²) in [4.78, 5) is 51.6. The van der Waals surface area contributed by atoms with Crippen molar-refractivity contribution in [3.63, 3.8) is 0 Å². The Balaban J connectivity index is 1.62. The van der Waals surface area contributed by atoms with Gasteiger partial charge in [-0.15, -0.1) is 11.3 Å². The maximum absolute atomic E-state index is 13.3. The van der Waals surface area contributed by atoms with Gasteiger partial charge in [-0.05, 0) is 23.9 Å². The molecule has 3 aromatic rings. The quantitative estimate of drug-likeness (QED) is 0.218. The van der Waals surface area contributed by atoms with E-state index in [1.807, 2.05) is 30.3 Å². The monoisotopic (exact) mass is 663 g/mol. The molecule has 17 heteroatoms. The van der Waals surface area contributed by atoms with Crippen molar-refractivity contribution < 1.29 is 42.3 Å². The third-order valence-electron chi connectivity index (χ3n) is 6.31. The largest absolute Gasteiger partial charge is 0.480 e. The molecule has 0 spiro atoms. The number of benzene rings is 2. The average Bonchev–Trinajstić information content (AvgIpc) is 3.53. The van der Waals surface area contributed by atoms with Gasteiger partial charge in [0.05, 0.1) is 16.0 Å². The summed E-state index contributed by atoms with van der Waals surface area (Å²) in [5, 5.41) is 20.3. The molecular weight excluding hydrogens is 643 g/mol. The first-order valence-electron chi connectivity index (χ1n) is 12.4. The Morgan fingerprint density at radius 1 is 1.00 bits per heavy atom. The maximum atomic E-state index is 13.3. The number of allylic oxidation sites excluding steroid dienone is 1. The predicted molar refractivity (Wildman–Crippen MR) is 164 cm³/mol. The highest BCUT2D eigenvalue weighted by atomic mass is 32.2. The predicted octanol–water partition coefficient (Wildman–Crippen LogP) is 0.999. The molecule has 0 radical (unpaired) electrons. The first-order valence-corrected chi connectivity index (χ1v) is 16.0. The van der Waals surface area contributed by atoms with Crippen LogP contribution >= 0.6 is 35.3 Å². The minimum atomic E-state index is -4.22. The molecule has 43 heavy (non-hydrogen) atoms. The number of hydrogen-bond donors (Lipinski definition) is 3. The summed E-state index contributed by atoms with van der Waals surface area (Å²) in [6, 6.07) is 11.1. The van der Waals surface area contributed by atoms with Gasteiger partial charge in [-0.3, -0.25) is 33.2 Å². The van der Waals surface area contributed by atoms with Crippen LogP contribution in [0.15, 0.2) is 53.2 Å². The van der Waals surface area contributed by atoms with Crippen molar-refractivity contribution in [1.29, 1.82) is 0 Å². The lowest BCUT2D eigenvalue weighted by Gasteiger charge is -2.19. The van der Waals surface area contributed by atoms with Gasteiger partial charge in [-0.1, -0.05) is 54.3 Å². The Hall–Kier alpha value is -4.03. The standard InChI is InChI=1S/C26H21N3O10S4/c30-19(31)12-28-23(34)17(41-25(28)22-24(35)29(13-20(32)33)26(40)42-22)8-9-18-27(10-3-11-43(36,37)38)21-15-5-2-1-4-14(15)6-7-16(21)39-18/h1-2,4-9H,3,10-13H2,(H,30,31)(H,32,33)(H,36,37,38)/b17-8?,18-9?,25-22+. The van der Waals surface area contributed by atoms with E-state index in [4.69, 9.17) is 22.1 Å². The van der Waals surface area contributed by atoms with E-state index in [-0.39, 0.29) is 37.3 Å². The van der Waals surface area contributed by atoms with Crippen LogP contribution in [0.5, 0.6) is 5.75 Å². The van der Waals surface area contributed by atoms with Crippen LogP contribution in [-0.4, -0.2) is 73.7 Å². The summed E-state index contributed by atoms with van der Waals surface area (Å²) >= 11 is 6.75. The van der Waals surface area contributed by atoms with Crippen LogP contribution in [0, 0.1) is 0 Å². The van der Waals surface area contributed by atoms with Crippen molar-refractivity contribution >= 4 is 95.0 Å². The molecule has 2 aliphatic rings. The molecule has 1 fully saturated rings. The highest BCUT2D eigenvalue weighted by molar-refractivity contribution is 8.30. The summed E-state index contributed by atoms with van der Waals surface area (Å²) in [5.74, 6) is -3.14. The number of fused-ring (bicyclic) bond motifs is 3. The Bertz CT molecular complexity index is 2030. The smallest absolute Gasteiger partial charge is 0.323 e. The molecule has 0 saturated carbocycles. The van der Waals surface area contributed by atoms with Crippen LogP contribution in [0.1, 0.15) is 6.42 Å². The number of carbonyl (C=O) groups is 3. The summed E-state index contributed by atoms with van der Waals surface area (Å²) in [7, 11) is -4.22. The molecule has 1 saturated heterocycles. The van der Waals surface area contributed by atoms with Gasteiger partial charge in [0.15, 0.2) is 5.75 Å². The number of thiazole rings is 1. The fourth-order valence-electron chi connectivity index (χ4n) is 4.55. The number of anilines is 1. The summed E-state index contributed by atoms with van der Waals surface area (Å²) in [5.41, 5.74) is -0.0413. The van der Waals surface area contributed by atoms with Gasteiger partial charge < -0.3 is 19.8 Å². The van der Waals surface area contributed by atoms with E-state index in [1.54, 1.807) is 11.0 Å². The number of carbonyl (C=O) groups excluding carboxylic acids is 1. The maximum Gasteiger partial charge on any atom is 0.323 e. The minimum Gasteiger partial charge on any atom is -0.480 e. The lowest BCUT2D eigenvalue weighted by atomic mass is 10.1. The molecule has 3 N–H and O–H groups in total. The van der Waals surface area contributed by atoms with E-state index in [0.717, 1.165) is 43.3 Å². The Morgan fingerprint density at radius 3 is 2.42 bits per heavy atom. The van der Waals surface area contributed by atoms with E-state index in [2.05, 4.69) is 0 Å². The molecule has 5 rings (SSSR count). The lowest BCUT2D eigenvalue weighted by molar-refractivity contribution is -0.140. The second-order valence-corrected chi connectivity index (χ2v) is 13.5. The number of carboxylic acid groups (broad SMARTS) is 2. The van der Waals surface area contributed by atoms with E-state index in [0.29, 0.717) is 11.4 Å². The van der Waals surface area contributed by atoms with Crippen molar-refractivity contribution in [1.82, 2.24) is 9.47 Å². The number of carboxylic acids is 2. The SMILES string of the molecule is O=C(O)CN1C(=O)/C(=c2\sc(=CC=C3Oc4ccc5ccccc5c4N3CCCS(=O)(=O)O)c(=O)n2CC(=O)O)SC1=S. The molecule has 1 aromatic heterocycles. The van der Waals surface area contributed by atoms with Crippen LogP contribution in [0.3, 0.4) is 0 Å². The summed E-state index contributed by atoms with van der Waals surface area (Å²) in [6.07, 6.45) is 2.92. The zero-order valence-electron chi connectivity index (χ0n) is 21.8. The van der Waals surface area contributed by atoms with E-state index < -0.39 is 52.4 Å². The molecule has 2 aromatic carbocycles. The molecule has 1 amide bonds. The van der Waals surface area contributed by atoms with E-state index >= 15 is 0 Å². The number of rotatable bonds is 9. The minimum absolute atomic E-state index is 0.00826. The molecule has 0 unspecified atom stereocenters. The zero-order valence-corrected chi connectivity index (χ0v) is 25.1. The second-order valence-electron chi connectivity index (χ2n) is 9.24. The molecule has 0 bridgehead atoms. The third-order valence-corrected chi connectivity index (χ3v) is 9.83. The number of aromatic nitrogens is 1. The lowest BCUT2D eigenvalue weighted by Crippen LogP contribution is -2.36. The molecule has 3 heterocycles. The van der Waals surface area contributed by atoms with Crippen molar-refractivity contribution in [2.45, 2.75) is 13.0 Å². The second kappa shape index (κ2) is 11.9. The fourth-order valence-corrected chi connectivity index (χ4v) is 7.50. The van der Waals surface area contributed by atoms with Crippen LogP contribution in [0.25, 0.3) is 21.8 Å². The first-order chi connectivity index (χ1) is 20.3.